The van der Waals surface area contributed by atoms with Crippen LogP contribution in [0.1, 0.15) is 11.1 Å². The zero-order chi connectivity index (χ0) is 10.1. The molecule has 0 N–H and O–H groups in total. The van der Waals surface area contributed by atoms with Crippen molar-refractivity contribution in [2.75, 3.05) is 7.11 Å². The van der Waals surface area contributed by atoms with Crippen molar-refractivity contribution in [1.82, 2.24) is 0 Å². The molecule has 0 aliphatic heterocycles. The van der Waals surface area contributed by atoms with E-state index in [4.69, 9.17) is 4.74 Å². The minimum atomic E-state index is -0.0998. The van der Waals surface area contributed by atoms with Gasteiger partial charge in [-0.25, -0.2) is 0 Å². The fraction of sp³-hybridized carbons (Fsp3) is 0.333. The van der Waals surface area contributed by atoms with Gasteiger partial charge in [-0.1, -0.05) is 17.7 Å². The van der Waals surface area contributed by atoms with Crippen LogP contribution in [-0.4, -0.2) is 7.11 Å². The standard InChI is InChI=1S/C9H15OP3/c1-6-3-4-8(10-2)7(5-6)9(11,12)13/h3-5H,11-13H2,1-2H3. The smallest absolute Gasteiger partial charge is 0.123 e. The first-order valence-electron chi connectivity index (χ1n) is 3.97. The minimum Gasteiger partial charge on any atom is -0.496 e. The molecule has 1 aromatic carbocycles. The normalized spacial score (nSPS) is 11.5. The van der Waals surface area contributed by atoms with Crippen LogP contribution in [0.3, 0.4) is 0 Å². The van der Waals surface area contributed by atoms with Crippen LogP contribution in [0.15, 0.2) is 18.2 Å². The van der Waals surface area contributed by atoms with Crippen molar-refractivity contribution < 1.29 is 4.74 Å². The molecule has 0 aliphatic rings. The number of rotatable bonds is 2. The molecular formula is C9H15OP3. The van der Waals surface area contributed by atoms with Crippen molar-refractivity contribution in [2.45, 2.75) is 11.6 Å². The van der Waals surface area contributed by atoms with E-state index >= 15 is 0 Å². The van der Waals surface area contributed by atoms with Crippen LogP contribution >= 0.6 is 27.7 Å². The average molecular weight is 232 g/mol. The highest BCUT2D eigenvalue weighted by Crippen LogP contribution is 2.48. The van der Waals surface area contributed by atoms with Crippen LogP contribution in [0, 0.1) is 6.92 Å². The summed E-state index contributed by atoms with van der Waals surface area (Å²) in [5.41, 5.74) is 2.41. The fourth-order valence-corrected chi connectivity index (χ4v) is 1.84. The summed E-state index contributed by atoms with van der Waals surface area (Å²) in [7, 11) is 9.98. The lowest BCUT2D eigenvalue weighted by atomic mass is 10.1. The monoisotopic (exact) mass is 232 g/mol. The molecule has 72 valence electrons. The van der Waals surface area contributed by atoms with Gasteiger partial charge in [-0.2, -0.15) is 0 Å². The summed E-state index contributed by atoms with van der Waals surface area (Å²) in [4.78, 5) is 0. The Labute approximate surface area is 86.6 Å². The molecule has 0 bridgehead atoms. The predicted octanol–water partition coefficient (Wildman–Crippen LogP) is 2.74. The van der Waals surface area contributed by atoms with Crippen LogP contribution in [0.5, 0.6) is 5.75 Å². The van der Waals surface area contributed by atoms with E-state index in [2.05, 4.69) is 40.7 Å². The molecule has 0 spiro atoms. The molecule has 0 aromatic heterocycles. The van der Waals surface area contributed by atoms with Gasteiger partial charge < -0.3 is 4.74 Å². The van der Waals surface area contributed by atoms with Crippen LogP contribution in [0.4, 0.5) is 0 Å². The molecule has 0 saturated carbocycles. The summed E-state index contributed by atoms with van der Waals surface area (Å²) < 4.78 is 5.19. The second kappa shape index (κ2) is 4.22. The Morgan fingerprint density at radius 3 is 2.31 bits per heavy atom. The van der Waals surface area contributed by atoms with Gasteiger partial charge in [0.25, 0.3) is 0 Å². The predicted molar refractivity (Wildman–Crippen MR) is 68.5 cm³/mol. The van der Waals surface area contributed by atoms with Crippen LogP contribution in [-0.2, 0) is 4.64 Å². The van der Waals surface area contributed by atoms with Gasteiger partial charge in [-0.05, 0) is 13.0 Å². The van der Waals surface area contributed by atoms with E-state index < -0.39 is 0 Å². The minimum absolute atomic E-state index is 0.0998. The van der Waals surface area contributed by atoms with Crippen LogP contribution in [0.25, 0.3) is 0 Å². The molecular weight excluding hydrogens is 217 g/mol. The Balaban J connectivity index is 3.24. The quantitative estimate of drug-likeness (QED) is 0.712. The van der Waals surface area contributed by atoms with Gasteiger partial charge in [0.05, 0.1) is 7.11 Å². The van der Waals surface area contributed by atoms with Gasteiger partial charge in [0, 0.05) is 10.2 Å². The van der Waals surface area contributed by atoms with E-state index in [0.717, 1.165) is 11.3 Å². The number of aryl methyl sites for hydroxylation is 1. The first kappa shape index (κ1) is 11.4. The molecule has 4 heteroatoms. The average Bonchev–Trinajstić information content (AvgIpc) is 2.03. The summed E-state index contributed by atoms with van der Waals surface area (Å²) in [6.45, 7) is 2.08. The number of methoxy groups -OCH3 is 1. The second-order valence-electron chi connectivity index (χ2n) is 3.14. The first-order chi connectivity index (χ1) is 5.95. The van der Waals surface area contributed by atoms with Gasteiger partial charge in [0.1, 0.15) is 5.75 Å². The SMILES string of the molecule is COc1ccc(C)cc1C(P)(P)P. The lowest BCUT2D eigenvalue weighted by Gasteiger charge is -2.21. The lowest BCUT2D eigenvalue weighted by molar-refractivity contribution is 0.410. The first-order valence-corrected chi connectivity index (χ1v) is 5.70. The molecule has 1 rings (SSSR count). The Kier molecular flexibility index (Phi) is 3.70. The maximum absolute atomic E-state index is 5.29. The summed E-state index contributed by atoms with van der Waals surface area (Å²) >= 11 is 0. The van der Waals surface area contributed by atoms with Gasteiger partial charge in [-0.15, -0.1) is 27.7 Å². The highest BCUT2D eigenvalue weighted by molar-refractivity contribution is 7.56. The Morgan fingerprint density at radius 2 is 1.85 bits per heavy atom. The van der Waals surface area contributed by atoms with Crippen molar-refractivity contribution in [2.24, 2.45) is 0 Å². The molecule has 1 aromatic rings. The third-order valence-electron chi connectivity index (χ3n) is 1.82. The van der Waals surface area contributed by atoms with Crippen molar-refractivity contribution in [3.05, 3.63) is 29.3 Å². The lowest BCUT2D eigenvalue weighted by Crippen LogP contribution is -2.01. The van der Waals surface area contributed by atoms with Crippen molar-refractivity contribution in [1.29, 1.82) is 0 Å². The number of hydrogen-bond donors (Lipinski definition) is 0. The maximum atomic E-state index is 5.29. The van der Waals surface area contributed by atoms with E-state index in [1.54, 1.807) is 7.11 Å². The zero-order valence-corrected chi connectivity index (χ0v) is 11.3. The summed E-state index contributed by atoms with van der Waals surface area (Å²) in [5, 5.41) is 0. The molecule has 0 amide bonds. The van der Waals surface area contributed by atoms with Crippen molar-refractivity contribution >= 4 is 27.7 Å². The topological polar surface area (TPSA) is 9.23 Å². The van der Waals surface area contributed by atoms with E-state index in [-0.39, 0.29) is 4.64 Å². The molecule has 0 fully saturated rings. The maximum Gasteiger partial charge on any atom is 0.123 e. The van der Waals surface area contributed by atoms with Gasteiger partial charge in [0.2, 0.25) is 0 Å². The Hall–Kier alpha value is 0.310. The number of hydrogen-bond acceptors (Lipinski definition) is 1. The molecule has 3 atom stereocenters. The Bertz CT molecular complexity index is 304. The van der Waals surface area contributed by atoms with Crippen molar-refractivity contribution in [3.8, 4) is 5.75 Å². The largest absolute Gasteiger partial charge is 0.496 e. The third kappa shape index (κ3) is 2.88. The second-order valence-corrected chi connectivity index (χ2v) is 8.00. The fourth-order valence-electron chi connectivity index (χ4n) is 1.16. The van der Waals surface area contributed by atoms with E-state index in [1.165, 1.54) is 5.56 Å². The number of benzene rings is 1. The third-order valence-corrected chi connectivity index (χ3v) is 2.75. The van der Waals surface area contributed by atoms with Crippen molar-refractivity contribution in [3.63, 3.8) is 0 Å². The number of ether oxygens (including phenoxy) is 1. The van der Waals surface area contributed by atoms with E-state index in [9.17, 15) is 0 Å². The molecule has 0 saturated heterocycles. The highest BCUT2D eigenvalue weighted by Gasteiger charge is 2.18. The van der Waals surface area contributed by atoms with Crippen LogP contribution in [0.2, 0.25) is 0 Å². The highest BCUT2D eigenvalue weighted by atomic mass is 31.1. The molecule has 0 heterocycles. The van der Waals surface area contributed by atoms with E-state index in [0.29, 0.717) is 0 Å². The van der Waals surface area contributed by atoms with Gasteiger partial charge in [-0.3, -0.25) is 0 Å². The van der Waals surface area contributed by atoms with Gasteiger partial charge >= 0.3 is 0 Å². The van der Waals surface area contributed by atoms with Crippen LogP contribution < -0.4 is 4.74 Å². The zero-order valence-electron chi connectivity index (χ0n) is 7.87. The summed E-state index contributed by atoms with van der Waals surface area (Å²) in [5.74, 6) is 0.922. The molecule has 1 nitrogen and oxygen atoms in total. The molecule has 3 unspecified atom stereocenters. The van der Waals surface area contributed by atoms with Gasteiger partial charge in [0.15, 0.2) is 0 Å². The Morgan fingerprint density at radius 1 is 1.23 bits per heavy atom. The molecule has 13 heavy (non-hydrogen) atoms. The summed E-state index contributed by atoms with van der Waals surface area (Å²) in [6, 6.07) is 6.18. The van der Waals surface area contributed by atoms with E-state index in [1.807, 2.05) is 12.1 Å². The molecule has 0 aliphatic carbocycles. The molecule has 0 radical (unpaired) electrons. The summed E-state index contributed by atoms with van der Waals surface area (Å²) in [6.07, 6.45) is 0.